The first-order valence-electron chi connectivity index (χ1n) is 6.96. The minimum Gasteiger partial charge on any atom is -0.349 e. The fraction of sp³-hybridized carbons (Fsp3) is 0.533. The van der Waals surface area contributed by atoms with E-state index in [0.717, 1.165) is 44.2 Å². The van der Waals surface area contributed by atoms with Crippen LogP contribution in [-0.4, -0.2) is 11.9 Å². The normalized spacial score (nSPS) is 22.6. The second-order valence-corrected chi connectivity index (χ2v) is 6.26. The number of amides is 1. The quantitative estimate of drug-likeness (QED) is 0.862. The van der Waals surface area contributed by atoms with E-state index in [1.807, 2.05) is 0 Å². The molecule has 1 aromatic carbocycles. The first kappa shape index (κ1) is 15.4. The summed E-state index contributed by atoms with van der Waals surface area (Å²) in [5, 5.41) is 2.75. The Morgan fingerprint density at radius 3 is 2.30 bits per heavy atom. The van der Waals surface area contributed by atoms with Gasteiger partial charge in [-0.15, -0.1) is 0 Å². The summed E-state index contributed by atoms with van der Waals surface area (Å²) in [6.45, 7) is 2.16. The Morgan fingerprint density at radius 1 is 1.25 bits per heavy atom. The van der Waals surface area contributed by atoms with Crippen LogP contribution in [0.2, 0.25) is 0 Å². The molecule has 0 radical (unpaired) electrons. The third-order valence-electron chi connectivity index (χ3n) is 3.99. The van der Waals surface area contributed by atoms with Crippen molar-refractivity contribution in [2.24, 2.45) is 5.92 Å². The number of nitrogens with one attached hydrogen (secondary N) is 1. The van der Waals surface area contributed by atoms with Gasteiger partial charge in [-0.3, -0.25) is 4.79 Å². The molecule has 0 aromatic heterocycles. The maximum Gasteiger partial charge on any atom is 0.257 e. The van der Waals surface area contributed by atoms with Crippen LogP contribution >= 0.6 is 15.9 Å². The third-order valence-corrected chi connectivity index (χ3v) is 4.45. The van der Waals surface area contributed by atoms with E-state index in [-0.39, 0.29) is 10.5 Å². The fourth-order valence-electron chi connectivity index (χ4n) is 2.73. The van der Waals surface area contributed by atoms with Gasteiger partial charge < -0.3 is 5.32 Å². The van der Waals surface area contributed by atoms with Crippen LogP contribution in [0.15, 0.2) is 16.6 Å². The Morgan fingerprint density at radius 2 is 1.80 bits per heavy atom. The minimum atomic E-state index is -0.836. The number of hydrogen-bond acceptors (Lipinski definition) is 1. The number of benzene rings is 1. The van der Waals surface area contributed by atoms with Crippen LogP contribution in [0.4, 0.5) is 8.78 Å². The number of carbonyl (C=O) groups excluding carboxylic acids is 1. The van der Waals surface area contributed by atoms with Crippen molar-refractivity contribution in [3.05, 3.63) is 33.8 Å². The summed E-state index contributed by atoms with van der Waals surface area (Å²) in [4.78, 5) is 12.0. The number of halogens is 3. The third kappa shape index (κ3) is 3.57. The lowest BCUT2D eigenvalue weighted by molar-refractivity contribution is 0.0913. The molecule has 1 fully saturated rings. The summed E-state index contributed by atoms with van der Waals surface area (Å²) < 4.78 is 27.7. The van der Waals surface area contributed by atoms with E-state index in [1.54, 1.807) is 0 Å². The highest BCUT2D eigenvalue weighted by Gasteiger charge is 2.24. The predicted molar refractivity (Wildman–Crippen MR) is 77.6 cm³/mol. The van der Waals surface area contributed by atoms with Crippen LogP contribution in [0, 0.1) is 17.6 Å². The van der Waals surface area contributed by atoms with Crippen LogP contribution in [-0.2, 0) is 0 Å². The van der Waals surface area contributed by atoms with Gasteiger partial charge in [-0.2, -0.15) is 0 Å². The first-order chi connectivity index (χ1) is 9.51. The molecule has 1 aliphatic carbocycles. The van der Waals surface area contributed by atoms with Crippen LogP contribution in [0.25, 0.3) is 0 Å². The number of carbonyl (C=O) groups is 1. The molecule has 110 valence electrons. The van der Waals surface area contributed by atoms with Crippen LogP contribution < -0.4 is 5.32 Å². The summed E-state index contributed by atoms with van der Waals surface area (Å²) in [5.41, 5.74) is -0.495. The highest BCUT2D eigenvalue weighted by molar-refractivity contribution is 9.10. The van der Waals surface area contributed by atoms with Gasteiger partial charge in [-0.05, 0) is 43.7 Å². The summed E-state index contributed by atoms with van der Waals surface area (Å²) >= 11 is 3.00. The largest absolute Gasteiger partial charge is 0.349 e. The van der Waals surface area contributed by atoms with E-state index in [2.05, 4.69) is 28.2 Å². The van der Waals surface area contributed by atoms with Crippen molar-refractivity contribution in [1.82, 2.24) is 5.32 Å². The molecule has 1 amide bonds. The summed E-state index contributed by atoms with van der Waals surface area (Å²) in [5.74, 6) is -1.62. The average molecular weight is 346 g/mol. The molecule has 0 spiro atoms. The average Bonchev–Trinajstić information content (AvgIpc) is 2.38. The zero-order valence-electron chi connectivity index (χ0n) is 11.4. The molecular weight excluding hydrogens is 328 g/mol. The molecule has 0 heterocycles. The molecule has 1 aromatic rings. The van der Waals surface area contributed by atoms with Gasteiger partial charge in [0.05, 0.1) is 0 Å². The van der Waals surface area contributed by atoms with Crippen molar-refractivity contribution < 1.29 is 13.6 Å². The molecular formula is C15H18BrF2NO. The van der Waals surface area contributed by atoms with Crippen LogP contribution in [0.3, 0.4) is 0 Å². The second kappa shape index (κ2) is 6.66. The standard InChI is InChI=1S/C15H18BrF2NO/c1-2-9-3-5-11(6-4-9)19-15(20)14-12(17)7-10(16)8-13(14)18/h7-9,11H,2-6H2,1H3,(H,19,20). The van der Waals surface area contributed by atoms with Crippen LogP contribution in [0.5, 0.6) is 0 Å². The Kier molecular flexibility index (Phi) is 5.13. The molecule has 1 saturated carbocycles. The zero-order chi connectivity index (χ0) is 14.7. The first-order valence-corrected chi connectivity index (χ1v) is 7.76. The van der Waals surface area contributed by atoms with Gasteiger partial charge in [-0.25, -0.2) is 8.78 Å². The molecule has 0 unspecified atom stereocenters. The lowest BCUT2D eigenvalue weighted by Crippen LogP contribution is -2.38. The lowest BCUT2D eigenvalue weighted by Gasteiger charge is -2.28. The van der Waals surface area contributed by atoms with Gasteiger partial charge in [0.1, 0.15) is 17.2 Å². The molecule has 0 atom stereocenters. The Labute approximate surface area is 126 Å². The van der Waals surface area contributed by atoms with Crippen molar-refractivity contribution in [1.29, 1.82) is 0 Å². The molecule has 5 heteroatoms. The van der Waals surface area contributed by atoms with Crippen molar-refractivity contribution in [3.63, 3.8) is 0 Å². The SMILES string of the molecule is CCC1CCC(NC(=O)c2c(F)cc(Br)cc2F)CC1. The van der Waals surface area contributed by atoms with E-state index in [0.29, 0.717) is 5.92 Å². The second-order valence-electron chi connectivity index (χ2n) is 5.34. The van der Waals surface area contributed by atoms with Gasteiger partial charge in [0.15, 0.2) is 0 Å². The Bertz CT molecular complexity index is 476. The minimum absolute atomic E-state index is 0.0211. The van der Waals surface area contributed by atoms with E-state index in [4.69, 9.17) is 0 Å². The van der Waals surface area contributed by atoms with Crippen molar-refractivity contribution in [3.8, 4) is 0 Å². The zero-order valence-corrected chi connectivity index (χ0v) is 13.0. The number of hydrogen-bond donors (Lipinski definition) is 1. The summed E-state index contributed by atoms with van der Waals surface area (Å²) in [6, 6.07) is 2.23. The topological polar surface area (TPSA) is 29.1 Å². The maximum atomic E-state index is 13.7. The van der Waals surface area contributed by atoms with Crippen molar-refractivity contribution >= 4 is 21.8 Å². The molecule has 20 heavy (non-hydrogen) atoms. The lowest BCUT2D eigenvalue weighted by atomic mass is 9.84. The Balaban J connectivity index is 2.03. The van der Waals surface area contributed by atoms with Crippen LogP contribution in [0.1, 0.15) is 49.4 Å². The van der Waals surface area contributed by atoms with E-state index >= 15 is 0 Å². The van der Waals surface area contributed by atoms with Gasteiger partial charge in [-0.1, -0.05) is 29.3 Å². The van der Waals surface area contributed by atoms with Gasteiger partial charge in [0.2, 0.25) is 0 Å². The molecule has 1 aliphatic rings. The number of rotatable bonds is 3. The molecule has 2 nitrogen and oxygen atoms in total. The van der Waals surface area contributed by atoms with E-state index < -0.39 is 23.1 Å². The van der Waals surface area contributed by atoms with Crippen molar-refractivity contribution in [2.75, 3.05) is 0 Å². The molecule has 0 saturated heterocycles. The van der Waals surface area contributed by atoms with E-state index in [9.17, 15) is 13.6 Å². The fourth-order valence-corrected chi connectivity index (χ4v) is 3.13. The summed E-state index contributed by atoms with van der Waals surface area (Å²) in [7, 11) is 0. The Hall–Kier alpha value is -0.970. The monoisotopic (exact) mass is 345 g/mol. The van der Waals surface area contributed by atoms with Gasteiger partial charge in [0.25, 0.3) is 5.91 Å². The predicted octanol–water partition coefficient (Wildman–Crippen LogP) is 4.43. The summed E-state index contributed by atoms with van der Waals surface area (Å²) in [6.07, 6.45) is 5.03. The van der Waals surface area contributed by atoms with Gasteiger partial charge >= 0.3 is 0 Å². The molecule has 0 bridgehead atoms. The molecule has 0 aliphatic heterocycles. The molecule has 2 rings (SSSR count). The smallest absolute Gasteiger partial charge is 0.257 e. The van der Waals surface area contributed by atoms with Gasteiger partial charge in [0, 0.05) is 10.5 Å². The highest BCUT2D eigenvalue weighted by atomic mass is 79.9. The van der Waals surface area contributed by atoms with Crippen molar-refractivity contribution in [2.45, 2.75) is 45.1 Å². The van der Waals surface area contributed by atoms with E-state index in [1.165, 1.54) is 0 Å². The molecule has 1 N–H and O–H groups in total. The maximum absolute atomic E-state index is 13.7. The highest BCUT2D eigenvalue weighted by Crippen LogP contribution is 2.27.